The van der Waals surface area contributed by atoms with Crippen molar-refractivity contribution in [2.24, 2.45) is 0 Å². The molecule has 0 spiro atoms. The van der Waals surface area contributed by atoms with E-state index >= 15 is 0 Å². The smallest absolute Gasteiger partial charge is 0.305 e. The van der Waals surface area contributed by atoms with E-state index in [1.165, 1.54) is 12.4 Å². The van der Waals surface area contributed by atoms with Gasteiger partial charge < -0.3 is 4.57 Å². The lowest BCUT2D eigenvalue weighted by Crippen LogP contribution is -2.05. The fraction of sp³-hybridized carbons (Fsp3) is 0.105. The predicted octanol–water partition coefficient (Wildman–Crippen LogP) is 4.39. The maximum atomic E-state index is 13.1. The molecule has 27 heavy (non-hydrogen) atoms. The van der Waals surface area contributed by atoms with Gasteiger partial charge in [-0.25, -0.2) is 9.50 Å². The summed E-state index contributed by atoms with van der Waals surface area (Å²) < 4.78 is 42.6. The van der Waals surface area contributed by atoms with Gasteiger partial charge in [-0.2, -0.15) is 23.5 Å². The van der Waals surface area contributed by atoms with Gasteiger partial charge in [0.05, 0.1) is 11.1 Å². The van der Waals surface area contributed by atoms with Crippen LogP contribution in [-0.4, -0.2) is 19.2 Å². The molecule has 0 aliphatic carbocycles. The van der Waals surface area contributed by atoms with Crippen LogP contribution in [0.2, 0.25) is 0 Å². The topological polar surface area (TPSA) is 58.9 Å². The highest BCUT2D eigenvalue weighted by atomic mass is 19.4. The van der Waals surface area contributed by atoms with E-state index in [2.05, 4.69) is 16.2 Å². The average Bonchev–Trinajstić information content (AvgIpc) is 3.27. The summed E-state index contributed by atoms with van der Waals surface area (Å²) in [6, 6.07) is 9.20. The fourth-order valence-electron chi connectivity index (χ4n) is 3.02. The van der Waals surface area contributed by atoms with E-state index in [9.17, 15) is 18.4 Å². The van der Waals surface area contributed by atoms with Gasteiger partial charge in [-0.3, -0.25) is 0 Å². The molecule has 0 aliphatic heterocycles. The second-order valence-electron chi connectivity index (χ2n) is 6.05. The average molecular weight is 367 g/mol. The van der Waals surface area contributed by atoms with Crippen LogP contribution in [0, 0.1) is 18.3 Å². The Balaban J connectivity index is 1.92. The summed E-state index contributed by atoms with van der Waals surface area (Å²) >= 11 is 0. The van der Waals surface area contributed by atoms with E-state index in [1.54, 1.807) is 40.7 Å². The van der Waals surface area contributed by atoms with E-state index in [1.807, 2.05) is 6.07 Å². The molecule has 4 rings (SSSR count). The van der Waals surface area contributed by atoms with Crippen molar-refractivity contribution in [3.63, 3.8) is 0 Å². The molecule has 0 saturated heterocycles. The van der Waals surface area contributed by atoms with E-state index in [0.29, 0.717) is 28.0 Å². The summed E-state index contributed by atoms with van der Waals surface area (Å²) in [5.74, 6) is 0.530. The molecular formula is C19H12F3N5. The standard InChI is InChI=1S/C19H12F3N5/c1-12-4-5-14(19(20,21)22)7-15(12)16-10-26(9-13(16)8-23)18-17-3-2-6-27(17)25-11-24-18/h2-7,9-11H,1H3. The van der Waals surface area contributed by atoms with Crippen molar-refractivity contribution in [2.75, 3.05) is 0 Å². The van der Waals surface area contributed by atoms with Gasteiger partial charge in [0.1, 0.15) is 17.9 Å². The molecule has 3 heterocycles. The Bertz CT molecular complexity index is 1190. The zero-order valence-electron chi connectivity index (χ0n) is 14.1. The molecule has 5 nitrogen and oxygen atoms in total. The minimum Gasteiger partial charge on any atom is -0.305 e. The molecule has 0 bridgehead atoms. The fourth-order valence-corrected chi connectivity index (χ4v) is 3.02. The first-order chi connectivity index (χ1) is 12.9. The van der Waals surface area contributed by atoms with Crippen LogP contribution < -0.4 is 0 Å². The lowest BCUT2D eigenvalue weighted by Gasteiger charge is -2.11. The van der Waals surface area contributed by atoms with Crippen molar-refractivity contribution in [3.8, 4) is 23.0 Å². The lowest BCUT2D eigenvalue weighted by atomic mass is 9.97. The summed E-state index contributed by atoms with van der Waals surface area (Å²) in [5.41, 5.74) is 1.65. The molecule has 4 aromatic rings. The highest BCUT2D eigenvalue weighted by molar-refractivity contribution is 5.75. The van der Waals surface area contributed by atoms with Gasteiger partial charge in [0.15, 0.2) is 5.82 Å². The molecule has 8 heteroatoms. The highest BCUT2D eigenvalue weighted by Crippen LogP contribution is 2.35. The van der Waals surface area contributed by atoms with Crippen molar-refractivity contribution < 1.29 is 13.2 Å². The Morgan fingerprint density at radius 2 is 1.93 bits per heavy atom. The Morgan fingerprint density at radius 3 is 2.67 bits per heavy atom. The maximum absolute atomic E-state index is 13.1. The highest BCUT2D eigenvalue weighted by Gasteiger charge is 2.31. The van der Waals surface area contributed by atoms with Crippen LogP contribution in [0.5, 0.6) is 0 Å². The molecule has 3 aromatic heterocycles. The molecule has 134 valence electrons. The first-order valence-corrected chi connectivity index (χ1v) is 7.97. The van der Waals surface area contributed by atoms with Crippen molar-refractivity contribution >= 4 is 5.52 Å². The van der Waals surface area contributed by atoms with E-state index in [0.717, 1.165) is 12.1 Å². The third-order valence-electron chi connectivity index (χ3n) is 4.36. The number of nitrogens with zero attached hydrogens (tertiary/aromatic N) is 5. The van der Waals surface area contributed by atoms with Crippen LogP contribution in [0.4, 0.5) is 13.2 Å². The Kier molecular flexibility index (Phi) is 3.73. The Hall–Kier alpha value is -3.60. The quantitative estimate of drug-likeness (QED) is 0.528. The molecule has 1 aromatic carbocycles. The summed E-state index contributed by atoms with van der Waals surface area (Å²) in [6.07, 6.45) is 1.86. The minimum atomic E-state index is -4.46. The zero-order valence-corrected chi connectivity index (χ0v) is 14.1. The number of nitriles is 1. The van der Waals surface area contributed by atoms with Gasteiger partial charge in [-0.1, -0.05) is 6.07 Å². The number of hydrogen-bond acceptors (Lipinski definition) is 3. The zero-order chi connectivity index (χ0) is 19.2. The van der Waals surface area contributed by atoms with E-state index in [4.69, 9.17) is 0 Å². The van der Waals surface area contributed by atoms with Gasteiger partial charge in [0.2, 0.25) is 0 Å². The Morgan fingerprint density at radius 1 is 1.11 bits per heavy atom. The maximum Gasteiger partial charge on any atom is 0.416 e. The van der Waals surface area contributed by atoms with Crippen LogP contribution in [0.1, 0.15) is 16.7 Å². The van der Waals surface area contributed by atoms with Crippen LogP contribution in [0.15, 0.2) is 55.2 Å². The normalized spacial score (nSPS) is 11.7. The third kappa shape index (κ3) is 2.83. The number of alkyl halides is 3. The number of hydrogen-bond donors (Lipinski definition) is 0. The minimum absolute atomic E-state index is 0.265. The SMILES string of the molecule is Cc1ccc(C(F)(F)F)cc1-c1cn(-c2ncnn3cccc23)cc1C#N. The summed E-state index contributed by atoms with van der Waals surface area (Å²) in [5, 5.41) is 13.6. The van der Waals surface area contributed by atoms with Crippen molar-refractivity contribution in [1.82, 2.24) is 19.2 Å². The molecule has 0 N–H and O–H groups in total. The van der Waals surface area contributed by atoms with E-state index in [-0.39, 0.29) is 5.56 Å². The lowest BCUT2D eigenvalue weighted by molar-refractivity contribution is -0.137. The van der Waals surface area contributed by atoms with Crippen LogP contribution in [-0.2, 0) is 6.18 Å². The van der Waals surface area contributed by atoms with Crippen molar-refractivity contribution in [3.05, 3.63) is 71.9 Å². The first-order valence-electron chi connectivity index (χ1n) is 7.97. The number of rotatable bonds is 2. The van der Waals surface area contributed by atoms with Gasteiger partial charge in [0.25, 0.3) is 0 Å². The summed E-state index contributed by atoms with van der Waals surface area (Å²) in [6.45, 7) is 1.71. The number of aryl methyl sites for hydroxylation is 1. The number of aromatic nitrogens is 4. The molecule has 0 saturated carbocycles. The van der Waals surface area contributed by atoms with Gasteiger partial charge in [-0.15, -0.1) is 0 Å². The molecule has 0 atom stereocenters. The molecule has 0 fully saturated rings. The van der Waals surface area contributed by atoms with Gasteiger partial charge in [-0.05, 0) is 42.3 Å². The first kappa shape index (κ1) is 16.8. The monoisotopic (exact) mass is 367 g/mol. The molecule has 0 unspecified atom stereocenters. The van der Waals surface area contributed by atoms with Crippen LogP contribution >= 0.6 is 0 Å². The van der Waals surface area contributed by atoms with E-state index < -0.39 is 11.7 Å². The number of fused-ring (bicyclic) bond motifs is 1. The summed E-state index contributed by atoms with van der Waals surface area (Å²) in [4.78, 5) is 4.25. The molecule has 0 aliphatic rings. The molecule has 0 radical (unpaired) electrons. The van der Waals surface area contributed by atoms with Crippen LogP contribution in [0.25, 0.3) is 22.5 Å². The van der Waals surface area contributed by atoms with Crippen LogP contribution in [0.3, 0.4) is 0 Å². The van der Waals surface area contributed by atoms with Gasteiger partial charge >= 0.3 is 6.18 Å². The summed E-state index contributed by atoms with van der Waals surface area (Å²) in [7, 11) is 0. The largest absolute Gasteiger partial charge is 0.416 e. The third-order valence-corrected chi connectivity index (χ3v) is 4.36. The van der Waals surface area contributed by atoms with Gasteiger partial charge in [0, 0.05) is 24.2 Å². The molecular weight excluding hydrogens is 355 g/mol. The second kappa shape index (κ2) is 5.99. The predicted molar refractivity (Wildman–Crippen MR) is 92.2 cm³/mol. The number of halogens is 3. The number of benzene rings is 1. The van der Waals surface area contributed by atoms with Crippen molar-refractivity contribution in [2.45, 2.75) is 13.1 Å². The molecule has 0 amide bonds. The van der Waals surface area contributed by atoms with Crippen molar-refractivity contribution in [1.29, 1.82) is 5.26 Å². The second-order valence-corrected chi connectivity index (χ2v) is 6.05. The Labute approximate surface area is 151 Å².